The van der Waals surface area contributed by atoms with Crippen molar-refractivity contribution >= 4 is 27.8 Å². The summed E-state index contributed by atoms with van der Waals surface area (Å²) in [7, 11) is 0. The van der Waals surface area contributed by atoms with Crippen molar-refractivity contribution in [2.24, 2.45) is 17.8 Å². The summed E-state index contributed by atoms with van der Waals surface area (Å²) in [6, 6.07) is 7.48. The van der Waals surface area contributed by atoms with Crippen LogP contribution in [0.3, 0.4) is 0 Å². The zero-order valence-corrected chi connectivity index (χ0v) is 14.4. The maximum Gasteiger partial charge on any atom is 0.326 e. The van der Waals surface area contributed by atoms with E-state index >= 15 is 0 Å². The number of hydrogen-bond donors (Lipinski definition) is 1. The van der Waals surface area contributed by atoms with Crippen LogP contribution in [0.4, 0.5) is 0 Å². The highest BCUT2D eigenvalue weighted by molar-refractivity contribution is 9.10. The summed E-state index contributed by atoms with van der Waals surface area (Å²) >= 11 is 3.47. The molecule has 3 aliphatic rings. The molecule has 4 rings (SSSR count). The van der Waals surface area contributed by atoms with Crippen molar-refractivity contribution in [3.63, 3.8) is 0 Å². The van der Waals surface area contributed by atoms with Gasteiger partial charge in [-0.05, 0) is 54.7 Å². The highest BCUT2D eigenvalue weighted by Crippen LogP contribution is 2.51. The average Bonchev–Trinajstić information content (AvgIpc) is 3.04. The molecule has 1 aromatic rings. The lowest BCUT2D eigenvalue weighted by atomic mass is 9.94. The molecule has 5 heteroatoms. The Bertz CT molecular complexity index is 661. The van der Waals surface area contributed by atoms with E-state index in [2.05, 4.69) is 28.1 Å². The number of nitrogens with zero attached hydrogens (tertiary/aromatic N) is 1. The molecule has 0 radical (unpaired) electrons. The number of fused-ring (bicyclic) bond motifs is 1. The number of carboxylic acid groups (broad SMARTS) is 1. The first kappa shape index (κ1) is 15.2. The van der Waals surface area contributed by atoms with Crippen LogP contribution < -0.4 is 0 Å². The number of halogens is 1. The van der Waals surface area contributed by atoms with Crippen molar-refractivity contribution in [1.29, 1.82) is 0 Å². The van der Waals surface area contributed by atoms with Gasteiger partial charge in [-0.1, -0.05) is 34.5 Å². The number of carboxylic acids is 1. The van der Waals surface area contributed by atoms with Crippen molar-refractivity contribution in [2.45, 2.75) is 37.6 Å². The topological polar surface area (TPSA) is 57.6 Å². The Morgan fingerprint density at radius 2 is 2.09 bits per heavy atom. The van der Waals surface area contributed by atoms with E-state index in [0.717, 1.165) is 30.2 Å². The molecule has 0 bridgehead atoms. The standard InChI is InChI=1S/C18H20BrNO3/c19-12-5-1-3-10(7-12)14-8-15(14)17(21)20-9-11-4-2-6-13(11)16(20)18(22)23/h1,3,5,7,11,13-16H,2,4,6,8-9H2,(H,22,23). The molecule has 3 fully saturated rings. The highest BCUT2D eigenvalue weighted by Gasteiger charge is 2.54. The van der Waals surface area contributed by atoms with Gasteiger partial charge < -0.3 is 10.0 Å². The van der Waals surface area contributed by atoms with Gasteiger partial charge in [0.2, 0.25) is 5.91 Å². The van der Waals surface area contributed by atoms with Gasteiger partial charge in [0.25, 0.3) is 0 Å². The molecule has 0 aromatic heterocycles. The minimum Gasteiger partial charge on any atom is -0.480 e. The minimum absolute atomic E-state index is 0.0371. The number of hydrogen-bond acceptors (Lipinski definition) is 2. The molecule has 122 valence electrons. The van der Waals surface area contributed by atoms with Crippen LogP contribution in [-0.2, 0) is 9.59 Å². The number of carbonyl (C=O) groups is 2. The zero-order valence-electron chi connectivity index (χ0n) is 12.8. The van der Waals surface area contributed by atoms with Crippen molar-refractivity contribution in [3.05, 3.63) is 34.3 Å². The second kappa shape index (κ2) is 5.62. The monoisotopic (exact) mass is 377 g/mol. The molecule has 0 spiro atoms. The molecule has 23 heavy (non-hydrogen) atoms. The summed E-state index contributed by atoms with van der Waals surface area (Å²) in [5.74, 6) is -0.00770. The number of aliphatic carboxylic acids is 1. The van der Waals surface area contributed by atoms with Gasteiger partial charge >= 0.3 is 5.97 Å². The highest BCUT2D eigenvalue weighted by atomic mass is 79.9. The first-order valence-corrected chi connectivity index (χ1v) is 9.14. The fraction of sp³-hybridized carbons (Fsp3) is 0.556. The average molecular weight is 378 g/mol. The normalized spacial score (nSPS) is 35.2. The predicted octanol–water partition coefficient (Wildman–Crippen LogP) is 3.26. The van der Waals surface area contributed by atoms with Crippen LogP contribution in [0.15, 0.2) is 28.7 Å². The Labute approximate surface area is 144 Å². The van der Waals surface area contributed by atoms with E-state index in [1.54, 1.807) is 4.90 Å². The van der Waals surface area contributed by atoms with Crippen molar-refractivity contribution in [2.75, 3.05) is 6.54 Å². The van der Waals surface area contributed by atoms with Gasteiger partial charge in [0.15, 0.2) is 0 Å². The minimum atomic E-state index is -0.826. The van der Waals surface area contributed by atoms with E-state index < -0.39 is 12.0 Å². The Morgan fingerprint density at radius 1 is 1.26 bits per heavy atom. The Kier molecular flexibility index (Phi) is 3.71. The summed E-state index contributed by atoms with van der Waals surface area (Å²) in [4.78, 5) is 26.3. The van der Waals surface area contributed by atoms with Crippen LogP contribution in [0, 0.1) is 17.8 Å². The van der Waals surface area contributed by atoms with E-state index in [-0.39, 0.29) is 23.7 Å². The Morgan fingerprint density at radius 3 is 2.83 bits per heavy atom. The molecule has 1 heterocycles. The molecule has 2 saturated carbocycles. The van der Waals surface area contributed by atoms with Crippen LogP contribution in [0.5, 0.6) is 0 Å². The van der Waals surface area contributed by atoms with E-state index in [4.69, 9.17) is 0 Å². The summed E-state index contributed by atoms with van der Waals surface area (Å²) in [5.41, 5.74) is 1.17. The first-order valence-electron chi connectivity index (χ1n) is 8.35. The fourth-order valence-electron chi connectivity index (χ4n) is 4.64. The summed E-state index contributed by atoms with van der Waals surface area (Å²) in [6.45, 7) is 0.641. The molecule has 1 amide bonds. The maximum absolute atomic E-state index is 12.9. The van der Waals surface area contributed by atoms with Crippen molar-refractivity contribution in [1.82, 2.24) is 4.90 Å². The lowest BCUT2D eigenvalue weighted by molar-refractivity contribution is -0.150. The molecule has 5 atom stereocenters. The van der Waals surface area contributed by atoms with Crippen LogP contribution in [0.1, 0.15) is 37.2 Å². The number of carbonyl (C=O) groups excluding carboxylic acids is 1. The second-order valence-electron chi connectivity index (χ2n) is 7.13. The molecule has 1 aliphatic heterocycles. The van der Waals surface area contributed by atoms with E-state index in [0.29, 0.717) is 12.5 Å². The van der Waals surface area contributed by atoms with Gasteiger partial charge in [0.05, 0.1) is 0 Å². The fourth-order valence-corrected chi connectivity index (χ4v) is 5.05. The van der Waals surface area contributed by atoms with E-state index in [1.807, 2.05) is 12.1 Å². The quantitative estimate of drug-likeness (QED) is 0.879. The third-order valence-corrected chi connectivity index (χ3v) is 6.30. The third kappa shape index (κ3) is 2.59. The van der Waals surface area contributed by atoms with E-state index in [1.165, 1.54) is 5.56 Å². The molecule has 2 aliphatic carbocycles. The van der Waals surface area contributed by atoms with Gasteiger partial charge in [0.1, 0.15) is 6.04 Å². The van der Waals surface area contributed by atoms with E-state index in [9.17, 15) is 14.7 Å². The molecule has 5 unspecified atom stereocenters. The maximum atomic E-state index is 12.9. The smallest absolute Gasteiger partial charge is 0.326 e. The molecular formula is C18H20BrNO3. The molecule has 4 nitrogen and oxygen atoms in total. The zero-order chi connectivity index (χ0) is 16.1. The van der Waals surface area contributed by atoms with Crippen LogP contribution in [0.25, 0.3) is 0 Å². The summed E-state index contributed by atoms with van der Waals surface area (Å²) in [5, 5.41) is 9.60. The molecule has 1 saturated heterocycles. The predicted molar refractivity (Wildman–Crippen MR) is 89.0 cm³/mol. The lowest BCUT2D eigenvalue weighted by Crippen LogP contribution is -2.44. The first-order chi connectivity index (χ1) is 11.1. The third-order valence-electron chi connectivity index (χ3n) is 5.81. The number of benzene rings is 1. The Hall–Kier alpha value is -1.36. The van der Waals surface area contributed by atoms with Crippen LogP contribution >= 0.6 is 15.9 Å². The van der Waals surface area contributed by atoms with Crippen molar-refractivity contribution < 1.29 is 14.7 Å². The summed E-state index contributed by atoms with van der Waals surface area (Å²) in [6.07, 6.45) is 3.96. The van der Waals surface area contributed by atoms with Crippen molar-refractivity contribution in [3.8, 4) is 0 Å². The molecule has 1 N–H and O–H groups in total. The van der Waals surface area contributed by atoms with Crippen LogP contribution in [0.2, 0.25) is 0 Å². The van der Waals surface area contributed by atoms with Gasteiger partial charge in [-0.25, -0.2) is 4.79 Å². The number of likely N-dealkylation sites (tertiary alicyclic amines) is 1. The number of amides is 1. The largest absolute Gasteiger partial charge is 0.480 e. The number of rotatable bonds is 3. The SMILES string of the molecule is O=C(O)C1C2CCCC2CN1C(=O)C1CC1c1cccc(Br)c1. The van der Waals surface area contributed by atoms with Crippen LogP contribution in [-0.4, -0.2) is 34.5 Å². The second-order valence-corrected chi connectivity index (χ2v) is 8.05. The lowest BCUT2D eigenvalue weighted by Gasteiger charge is -2.24. The van der Waals surface area contributed by atoms with Gasteiger partial charge in [0, 0.05) is 16.9 Å². The molecular weight excluding hydrogens is 358 g/mol. The van der Waals surface area contributed by atoms with Gasteiger partial charge in [-0.15, -0.1) is 0 Å². The summed E-state index contributed by atoms with van der Waals surface area (Å²) < 4.78 is 1.02. The Balaban J connectivity index is 1.50. The van der Waals surface area contributed by atoms with Gasteiger partial charge in [-0.2, -0.15) is 0 Å². The van der Waals surface area contributed by atoms with Gasteiger partial charge in [-0.3, -0.25) is 4.79 Å². The molecule has 1 aromatic carbocycles.